The zero-order valence-electron chi connectivity index (χ0n) is 5.81. The number of hydrogen-bond acceptors (Lipinski definition) is 0. The molecule has 1 aromatic carbocycles. The largest absolute Gasteiger partial charge is 0.359 e. The van der Waals surface area contributed by atoms with Crippen LogP contribution < -0.4 is 0 Å². The van der Waals surface area contributed by atoms with E-state index in [9.17, 15) is 0 Å². The molecule has 0 bridgehead atoms. The summed E-state index contributed by atoms with van der Waals surface area (Å²) in [5.74, 6) is 0. The van der Waals surface area contributed by atoms with Crippen molar-refractivity contribution in [1.29, 1.82) is 0 Å². The molecule has 0 saturated carbocycles. The maximum Gasteiger partial charge on any atom is 0.0708 e. The molecule has 1 N–H and O–H groups in total. The Morgan fingerprint density at radius 1 is 1.40 bits per heavy atom. The molecule has 0 saturated heterocycles. The van der Waals surface area contributed by atoms with E-state index in [1.54, 1.807) is 0 Å². The Hall–Kier alpha value is -1.24. The summed E-state index contributed by atoms with van der Waals surface area (Å²) < 4.78 is 0. The van der Waals surface area contributed by atoms with Crippen LogP contribution in [0.2, 0.25) is 0 Å². The molecular formula is C9H8N. The molecule has 2 rings (SSSR count). The van der Waals surface area contributed by atoms with E-state index in [-0.39, 0.29) is 0 Å². The number of H-pyrrole nitrogens is 1. The minimum Gasteiger partial charge on any atom is -0.359 e. The summed E-state index contributed by atoms with van der Waals surface area (Å²) in [5, 5.41) is 2.43. The highest BCUT2D eigenvalue weighted by Gasteiger charge is 1.94. The van der Waals surface area contributed by atoms with Gasteiger partial charge in [-0.2, -0.15) is 0 Å². The summed E-state index contributed by atoms with van der Waals surface area (Å²) in [5.41, 5.74) is 1.28. The van der Waals surface area contributed by atoms with Crippen LogP contribution >= 0.6 is 0 Å². The molecule has 2 aromatic rings. The topological polar surface area (TPSA) is 15.8 Å². The van der Waals surface area contributed by atoms with Gasteiger partial charge >= 0.3 is 0 Å². The average molecular weight is 130 g/mol. The van der Waals surface area contributed by atoms with E-state index in [0.717, 1.165) is 0 Å². The first kappa shape index (κ1) is 5.54. The third-order valence-electron chi connectivity index (χ3n) is 1.73. The maximum atomic E-state index is 3.06. The molecule has 0 atom stereocenters. The van der Waals surface area contributed by atoms with Crippen LogP contribution in [0, 0.1) is 13.1 Å². The number of aromatic nitrogens is 1. The first-order valence-electron chi connectivity index (χ1n) is 3.32. The summed E-state index contributed by atoms with van der Waals surface area (Å²) in [6.07, 6.45) is 5.02. The van der Waals surface area contributed by atoms with E-state index in [1.165, 1.54) is 16.3 Å². The van der Waals surface area contributed by atoms with Gasteiger partial charge in [-0.15, -0.1) is 0 Å². The second-order valence-electron chi connectivity index (χ2n) is 2.45. The van der Waals surface area contributed by atoms with Crippen molar-refractivity contribution in [3.05, 3.63) is 36.2 Å². The van der Waals surface area contributed by atoms with Gasteiger partial charge < -0.3 is 4.98 Å². The fraction of sp³-hybridized carbons (Fsp3) is 0.111. The van der Waals surface area contributed by atoms with Gasteiger partial charge in [-0.05, 0) is 12.5 Å². The lowest BCUT2D eigenvalue weighted by Gasteiger charge is -1.91. The molecule has 0 unspecified atom stereocenters. The molecular weight excluding hydrogens is 122 g/mol. The van der Waals surface area contributed by atoms with Crippen molar-refractivity contribution >= 4 is 10.8 Å². The smallest absolute Gasteiger partial charge is 0.0708 e. The summed E-state index contributed by atoms with van der Waals surface area (Å²) in [6, 6.07) is 6.22. The van der Waals surface area contributed by atoms with Crippen molar-refractivity contribution in [2.24, 2.45) is 0 Å². The molecule has 1 heterocycles. The highest BCUT2D eigenvalue weighted by Crippen LogP contribution is 2.15. The summed E-state index contributed by atoms with van der Waals surface area (Å²) in [7, 11) is 0. The Labute approximate surface area is 59.7 Å². The molecule has 0 amide bonds. The SMILES string of the molecule is Cc1cccc2c[nH][c]c12. The standard InChI is InChI=1S/C9H8N/c1-7-3-2-4-8-5-10-6-9(7)8/h2-5,10H,1H3. The Morgan fingerprint density at radius 3 is 3.10 bits per heavy atom. The van der Waals surface area contributed by atoms with Gasteiger partial charge in [-0.1, -0.05) is 18.2 Å². The fourth-order valence-electron chi connectivity index (χ4n) is 1.17. The van der Waals surface area contributed by atoms with Crippen molar-refractivity contribution in [3.8, 4) is 0 Å². The Balaban J connectivity index is 2.95. The molecule has 49 valence electrons. The Kier molecular flexibility index (Phi) is 1.04. The second kappa shape index (κ2) is 1.87. The molecule has 0 spiro atoms. The van der Waals surface area contributed by atoms with Crippen LogP contribution in [-0.2, 0) is 0 Å². The van der Waals surface area contributed by atoms with Crippen LogP contribution in [0.25, 0.3) is 10.8 Å². The monoisotopic (exact) mass is 130 g/mol. The van der Waals surface area contributed by atoms with Crippen molar-refractivity contribution in [2.75, 3.05) is 0 Å². The average Bonchev–Trinajstić information content (AvgIpc) is 2.36. The van der Waals surface area contributed by atoms with Crippen molar-refractivity contribution in [1.82, 2.24) is 4.98 Å². The lowest BCUT2D eigenvalue weighted by molar-refractivity contribution is 1.41. The first-order valence-corrected chi connectivity index (χ1v) is 3.32. The van der Waals surface area contributed by atoms with Gasteiger partial charge in [0.1, 0.15) is 0 Å². The number of rotatable bonds is 0. The van der Waals surface area contributed by atoms with Gasteiger partial charge in [0, 0.05) is 17.0 Å². The minimum atomic E-state index is 1.20. The highest BCUT2D eigenvalue weighted by molar-refractivity contribution is 5.84. The molecule has 1 radical (unpaired) electrons. The van der Waals surface area contributed by atoms with Crippen molar-refractivity contribution in [3.63, 3.8) is 0 Å². The molecule has 0 aliphatic carbocycles. The Bertz CT molecular complexity index is 346. The number of aromatic amines is 1. The van der Waals surface area contributed by atoms with E-state index in [0.29, 0.717) is 0 Å². The lowest BCUT2D eigenvalue weighted by atomic mass is 10.1. The fourth-order valence-corrected chi connectivity index (χ4v) is 1.17. The van der Waals surface area contributed by atoms with Crippen LogP contribution in [0.5, 0.6) is 0 Å². The predicted molar refractivity (Wildman–Crippen MR) is 41.9 cm³/mol. The number of aryl methyl sites for hydroxylation is 1. The second-order valence-corrected chi connectivity index (χ2v) is 2.45. The molecule has 1 aromatic heterocycles. The van der Waals surface area contributed by atoms with Gasteiger partial charge in [0.2, 0.25) is 0 Å². The van der Waals surface area contributed by atoms with E-state index in [2.05, 4.69) is 36.3 Å². The van der Waals surface area contributed by atoms with Crippen molar-refractivity contribution < 1.29 is 0 Å². The van der Waals surface area contributed by atoms with Crippen LogP contribution in [-0.4, -0.2) is 4.98 Å². The van der Waals surface area contributed by atoms with Crippen LogP contribution in [0.4, 0.5) is 0 Å². The highest BCUT2D eigenvalue weighted by atomic mass is 14.6. The van der Waals surface area contributed by atoms with E-state index >= 15 is 0 Å². The van der Waals surface area contributed by atoms with Gasteiger partial charge in [0.15, 0.2) is 0 Å². The molecule has 1 nitrogen and oxygen atoms in total. The third-order valence-corrected chi connectivity index (χ3v) is 1.73. The number of fused-ring (bicyclic) bond motifs is 1. The van der Waals surface area contributed by atoms with Gasteiger partial charge in [0.05, 0.1) is 6.20 Å². The molecule has 0 aliphatic rings. The molecule has 10 heavy (non-hydrogen) atoms. The summed E-state index contributed by atoms with van der Waals surface area (Å²) in [4.78, 5) is 2.95. The van der Waals surface area contributed by atoms with Crippen LogP contribution in [0.15, 0.2) is 24.4 Å². The van der Waals surface area contributed by atoms with Gasteiger partial charge in [-0.25, -0.2) is 0 Å². The third kappa shape index (κ3) is 0.637. The quantitative estimate of drug-likeness (QED) is 0.563. The predicted octanol–water partition coefficient (Wildman–Crippen LogP) is 2.28. The maximum absolute atomic E-state index is 3.06. The van der Waals surface area contributed by atoms with Gasteiger partial charge in [-0.3, -0.25) is 0 Å². The van der Waals surface area contributed by atoms with Gasteiger partial charge in [0.25, 0.3) is 0 Å². The number of benzene rings is 1. The number of nitrogens with one attached hydrogen (secondary N) is 1. The van der Waals surface area contributed by atoms with E-state index in [1.807, 2.05) is 6.20 Å². The Morgan fingerprint density at radius 2 is 2.30 bits per heavy atom. The lowest BCUT2D eigenvalue weighted by Crippen LogP contribution is -1.69. The zero-order valence-corrected chi connectivity index (χ0v) is 5.81. The first-order chi connectivity index (χ1) is 4.88. The minimum absolute atomic E-state index is 1.20. The number of hydrogen-bond donors (Lipinski definition) is 1. The molecule has 1 heteroatoms. The van der Waals surface area contributed by atoms with Crippen LogP contribution in [0.3, 0.4) is 0 Å². The zero-order chi connectivity index (χ0) is 6.97. The normalized spacial score (nSPS) is 10.5. The molecule has 0 aliphatic heterocycles. The summed E-state index contributed by atoms with van der Waals surface area (Å²) >= 11 is 0. The van der Waals surface area contributed by atoms with Crippen molar-refractivity contribution in [2.45, 2.75) is 6.92 Å². The van der Waals surface area contributed by atoms with E-state index < -0.39 is 0 Å². The summed E-state index contributed by atoms with van der Waals surface area (Å²) in [6.45, 7) is 2.09. The van der Waals surface area contributed by atoms with Crippen LogP contribution in [0.1, 0.15) is 5.56 Å². The molecule has 0 fully saturated rings. The van der Waals surface area contributed by atoms with E-state index in [4.69, 9.17) is 0 Å².